The second kappa shape index (κ2) is 8.11. The molecule has 0 amide bonds. The van der Waals surface area contributed by atoms with Gasteiger partial charge < -0.3 is 9.84 Å². The fourth-order valence-electron chi connectivity index (χ4n) is 2.25. The molecule has 7 heteroatoms. The number of thiophene rings is 1. The van der Waals surface area contributed by atoms with E-state index in [4.69, 9.17) is 4.74 Å². The van der Waals surface area contributed by atoms with Crippen LogP contribution in [-0.4, -0.2) is 26.7 Å². The second-order valence-electron chi connectivity index (χ2n) is 5.61. The summed E-state index contributed by atoms with van der Waals surface area (Å²) in [5.74, 6) is 0.685. The summed E-state index contributed by atoms with van der Waals surface area (Å²) in [6.07, 6.45) is 0.0363. The van der Waals surface area contributed by atoms with E-state index in [-0.39, 0.29) is 11.4 Å². The van der Waals surface area contributed by atoms with Gasteiger partial charge in [-0.1, -0.05) is 6.92 Å². The lowest BCUT2D eigenvalue weighted by Crippen LogP contribution is -2.28. The SMILES string of the molecule is CCCOc1ccc(S(=O)(=O)NCC(O)c2sccc2C)cc1C. The number of hydrogen-bond donors (Lipinski definition) is 2. The molecule has 0 aliphatic heterocycles. The van der Waals surface area contributed by atoms with Gasteiger partial charge in [-0.25, -0.2) is 13.1 Å². The molecule has 0 spiro atoms. The molecule has 5 nitrogen and oxygen atoms in total. The van der Waals surface area contributed by atoms with Crippen molar-refractivity contribution in [3.63, 3.8) is 0 Å². The molecule has 132 valence electrons. The van der Waals surface area contributed by atoms with Gasteiger partial charge in [0.15, 0.2) is 0 Å². The lowest BCUT2D eigenvalue weighted by molar-refractivity contribution is 0.185. The molecule has 2 N–H and O–H groups in total. The first kappa shape index (κ1) is 18.9. The number of ether oxygens (including phenoxy) is 1. The lowest BCUT2D eigenvalue weighted by atomic mass is 10.2. The molecule has 0 bridgehead atoms. The Morgan fingerprint density at radius 1 is 1.25 bits per heavy atom. The number of sulfonamides is 1. The Labute approximate surface area is 147 Å². The monoisotopic (exact) mass is 369 g/mol. The van der Waals surface area contributed by atoms with Crippen LogP contribution in [0.3, 0.4) is 0 Å². The maximum Gasteiger partial charge on any atom is 0.240 e. The third-order valence-electron chi connectivity index (χ3n) is 3.59. The molecule has 0 aliphatic rings. The maximum absolute atomic E-state index is 12.4. The number of nitrogens with one attached hydrogen (secondary N) is 1. The van der Waals surface area contributed by atoms with Gasteiger partial charge in [0.25, 0.3) is 0 Å². The summed E-state index contributed by atoms with van der Waals surface area (Å²) in [4.78, 5) is 0.941. The van der Waals surface area contributed by atoms with E-state index in [9.17, 15) is 13.5 Å². The molecule has 0 saturated heterocycles. The predicted octanol–water partition coefficient (Wildman–Crippen LogP) is 3.17. The first-order valence-corrected chi connectivity index (χ1v) is 10.2. The van der Waals surface area contributed by atoms with E-state index in [0.717, 1.165) is 22.4 Å². The smallest absolute Gasteiger partial charge is 0.240 e. The Morgan fingerprint density at radius 3 is 2.58 bits per heavy atom. The van der Waals surface area contributed by atoms with E-state index >= 15 is 0 Å². The van der Waals surface area contributed by atoms with Crippen molar-refractivity contribution in [2.24, 2.45) is 0 Å². The molecule has 1 atom stereocenters. The molecule has 1 aromatic carbocycles. The molecule has 1 heterocycles. The van der Waals surface area contributed by atoms with Gasteiger partial charge >= 0.3 is 0 Å². The summed E-state index contributed by atoms with van der Waals surface area (Å²) < 4.78 is 32.8. The third-order valence-corrected chi connectivity index (χ3v) is 6.13. The van der Waals surface area contributed by atoms with E-state index in [2.05, 4.69) is 4.72 Å². The van der Waals surface area contributed by atoms with Crippen LogP contribution in [0.2, 0.25) is 0 Å². The summed E-state index contributed by atoms with van der Waals surface area (Å²) in [6, 6.07) is 6.66. The molecule has 24 heavy (non-hydrogen) atoms. The quantitative estimate of drug-likeness (QED) is 0.749. The van der Waals surface area contributed by atoms with E-state index in [0.29, 0.717) is 12.4 Å². The van der Waals surface area contributed by atoms with Crippen molar-refractivity contribution in [2.75, 3.05) is 13.2 Å². The molecule has 2 aromatic rings. The van der Waals surface area contributed by atoms with Crippen LogP contribution in [-0.2, 0) is 10.0 Å². The minimum absolute atomic E-state index is 0.0587. The van der Waals surface area contributed by atoms with Gasteiger partial charge in [-0.05, 0) is 61.0 Å². The van der Waals surface area contributed by atoms with Crippen LogP contribution in [0.15, 0.2) is 34.5 Å². The predicted molar refractivity (Wildman–Crippen MR) is 96.2 cm³/mol. The lowest BCUT2D eigenvalue weighted by Gasteiger charge is -2.13. The molecule has 0 aliphatic carbocycles. The fraction of sp³-hybridized carbons (Fsp3) is 0.412. The highest BCUT2D eigenvalue weighted by Gasteiger charge is 2.19. The van der Waals surface area contributed by atoms with Crippen LogP contribution >= 0.6 is 11.3 Å². The first-order valence-electron chi connectivity index (χ1n) is 7.80. The summed E-state index contributed by atoms with van der Waals surface area (Å²) in [5, 5.41) is 12.0. The topological polar surface area (TPSA) is 75.6 Å². The third kappa shape index (κ3) is 4.57. The maximum atomic E-state index is 12.4. The highest BCUT2D eigenvalue weighted by atomic mass is 32.2. The van der Waals surface area contributed by atoms with Gasteiger partial charge in [-0.3, -0.25) is 0 Å². The van der Waals surface area contributed by atoms with Gasteiger partial charge in [0, 0.05) is 11.4 Å². The Bertz CT molecular complexity index is 784. The average molecular weight is 370 g/mol. The van der Waals surface area contributed by atoms with Crippen molar-refractivity contribution in [1.29, 1.82) is 0 Å². The number of aliphatic hydroxyl groups is 1. The summed E-state index contributed by atoms with van der Waals surface area (Å²) >= 11 is 1.41. The summed E-state index contributed by atoms with van der Waals surface area (Å²) in [5.41, 5.74) is 1.72. The van der Waals surface area contributed by atoms with E-state index < -0.39 is 16.1 Å². The van der Waals surface area contributed by atoms with Crippen molar-refractivity contribution < 1.29 is 18.3 Å². The summed E-state index contributed by atoms with van der Waals surface area (Å²) in [6.45, 7) is 6.25. The van der Waals surface area contributed by atoms with Gasteiger partial charge in [0.2, 0.25) is 10.0 Å². The van der Waals surface area contributed by atoms with Crippen molar-refractivity contribution in [1.82, 2.24) is 4.72 Å². The second-order valence-corrected chi connectivity index (χ2v) is 8.33. The van der Waals surface area contributed by atoms with E-state index in [1.807, 2.05) is 32.2 Å². The van der Waals surface area contributed by atoms with Crippen molar-refractivity contribution >= 4 is 21.4 Å². The zero-order valence-corrected chi connectivity index (χ0v) is 15.7. The molecule has 1 unspecified atom stereocenters. The van der Waals surface area contributed by atoms with Crippen LogP contribution in [0, 0.1) is 13.8 Å². The van der Waals surface area contributed by atoms with Gasteiger partial charge in [0.1, 0.15) is 11.9 Å². The normalized spacial score (nSPS) is 13.0. The molecule has 2 rings (SSSR count). The number of hydrogen-bond acceptors (Lipinski definition) is 5. The number of benzene rings is 1. The van der Waals surface area contributed by atoms with Crippen LogP contribution in [0.4, 0.5) is 0 Å². The fourth-order valence-corrected chi connectivity index (χ4v) is 4.29. The molecular weight excluding hydrogens is 346 g/mol. The van der Waals surface area contributed by atoms with Crippen LogP contribution in [0.1, 0.15) is 35.5 Å². The van der Waals surface area contributed by atoms with E-state index in [1.165, 1.54) is 17.4 Å². The molecule has 0 fully saturated rings. The highest BCUT2D eigenvalue weighted by molar-refractivity contribution is 7.89. The molecule has 0 radical (unpaired) electrons. The standard InChI is InChI=1S/C17H23NO4S2/c1-4-8-22-16-6-5-14(10-13(16)3)24(20,21)18-11-15(19)17-12(2)7-9-23-17/h5-7,9-10,15,18-19H,4,8,11H2,1-3H3. The number of aryl methyl sites for hydroxylation is 2. The zero-order chi connectivity index (χ0) is 17.7. The van der Waals surface area contributed by atoms with Crippen LogP contribution in [0.5, 0.6) is 5.75 Å². The van der Waals surface area contributed by atoms with Crippen molar-refractivity contribution in [2.45, 2.75) is 38.2 Å². The van der Waals surface area contributed by atoms with Crippen molar-refractivity contribution in [3.8, 4) is 5.75 Å². The van der Waals surface area contributed by atoms with Gasteiger partial charge in [-0.15, -0.1) is 11.3 Å². The van der Waals surface area contributed by atoms with Gasteiger partial charge in [0.05, 0.1) is 11.5 Å². The Balaban J connectivity index is 2.07. The van der Waals surface area contributed by atoms with Gasteiger partial charge in [-0.2, -0.15) is 0 Å². The first-order chi connectivity index (χ1) is 11.3. The Morgan fingerprint density at radius 2 is 2.00 bits per heavy atom. The Hall–Kier alpha value is -1.41. The number of aliphatic hydroxyl groups excluding tert-OH is 1. The van der Waals surface area contributed by atoms with Crippen LogP contribution in [0.25, 0.3) is 0 Å². The largest absolute Gasteiger partial charge is 0.493 e. The summed E-state index contributed by atoms with van der Waals surface area (Å²) in [7, 11) is -3.68. The minimum Gasteiger partial charge on any atom is -0.493 e. The van der Waals surface area contributed by atoms with E-state index in [1.54, 1.807) is 12.1 Å². The van der Waals surface area contributed by atoms with Crippen molar-refractivity contribution in [3.05, 3.63) is 45.6 Å². The zero-order valence-electron chi connectivity index (χ0n) is 14.1. The minimum atomic E-state index is -3.68. The Kier molecular flexibility index (Phi) is 6.40. The van der Waals surface area contributed by atoms with Crippen LogP contribution < -0.4 is 9.46 Å². The molecule has 1 aromatic heterocycles. The molecule has 0 saturated carbocycles. The average Bonchev–Trinajstić information content (AvgIpc) is 2.97. The highest BCUT2D eigenvalue weighted by Crippen LogP contribution is 2.25. The number of rotatable bonds is 8. The molecular formula is C17H23NO4S2.